The first kappa shape index (κ1) is 11.7. The predicted molar refractivity (Wildman–Crippen MR) is 64.4 cm³/mol. The van der Waals surface area contributed by atoms with E-state index in [0.29, 0.717) is 12.2 Å². The predicted octanol–water partition coefficient (Wildman–Crippen LogP) is 1.31. The Labute approximate surface area is 103 Å². The van der Waals surface area contributed by atoms with Crippen LogP contribution in [0.2, 0.25) is 0 Å². The van der Waals surface area contributed by atoms with Crippen molar-refractivity contribution in [1.29, 1.82) is 0 Å². The molecule has 1 atom stereocenters. The fourth-order valence-corrected chi connectivity index (χ4v) is 2.14. The van der Waals surface area contributed by atoms with E-state index in [1.54, 1.807) is 12.1 Å². The number of benzene rings is 1. The highest BCUT2D eigenvalue weighted by atomic mass is 35.5. The number of nitrogen functional groups attached to an aromatic ring is 1. The molecule has 1 heterocycles. The normalized spacial score (nSPS) is 19.7. The second-order valence-corrected chi connectivity index (χ2v) is 4.47. The van der Waals surface area contributed by atoms with Gasteiger partial charge in [0.2, 0.25) is 5.91 Å². The Morgan fingerprint density at radius 1 is 1.53 bits per heavy atom. The maximum absolute atomic E-state index is 11.7. The lowest BCUT2D eigenvalue weighted by Crippen LogP contribution is -2.26. The zero-order chi connectivity index (χ0) is 12.6. The van der Waals surface area contributed by atoms with Crippen LogP contribution in [-0.2, 0) is 4.79 Å². The summed E-state index contributed by atoms with van der Waals surface area (Å²) in [7, 11) is 0. The molecule has 6 heteroatoms. The van der Waals surface area contributed by atoms with Crippen molar-refractivity contribution < 1.29 is 14.7 Å². The van der Waals surface area contributed by atoms with Crippen molar-refractivity contribution in [2.75, 3.05) is 17.2 Å². The van der Waals surface area contributed by atoms with Gasteiger partial charge in [-0.15, -0.1) is 11.6 Å². The van der Waals surface area contributed by atoms with Crippen molar-refractivity contribution in [1.82, 2.24) is 0 Å². The first-order chi connectivity index (χ1) is 8.00. The molecule has 1 aliphatic rings. The van der Waals surface area contributed by atoms with E-state index >= 15 is 0 Å². The van der Waals surface area contributed by atoms with Crippen molar-refractivity contribution in [2.24, 2.45) is 0 Å². The number of nitrogens with zero attached hydrogens (tertiary/aromatic N) is 1. The van der Waals surface area contributed by atoms with Gasteiger partial charge >= 0.3 is 5.97 Å². The second-order valence-electron chi connectivity index (χ2n) is 3.85. The largest absolute Gasteiger partial charge is 0.478 e. The van der Waals surface area contributed by atoms with Gasteiger partial charge < -0.3 is 15.7 Å². The number of hydrogen-bond donors (Lipinski definition) is 2. The van der Waals surface area contributed by atoms with Crippen LogP contribution in [0.5, 0.6) is 0 Å². The van der Waals surface area contributed by atoms with Gasteiger partial charge in [0.25, 0.3) is 0 Å². The van der Waals surface area contributed by atoms with Crippen LogP contribution < -0.4 is 10.6 Å². The van der Waals surface area contributed by atoms with Gasteiger partial charge in [-0.3, -0.25) is 4.79 Å². The molecule has 1 fully saturated rings. The SMILES string of the molecule is Nc1c(C(=O)O)cccc1N1CC(Cl)CC1=O. The maximum Gasteiger partial charge on any atom is 0.337 e. The van der Waals surface area contributed by atoms with Crippen LogP contribution in [0.3, 0.4) is 0 Å². The molecule has 0 spiro atoms. The molecule has 0 aromatic heterocycles. The number of nitrogens with two attached hydrogens (primary N) is 1. The van der Waals surface area contributed by atoms with E-state index < -0.39 is 5.97 Å². The summed E-state index contributed by atoms with van der Waals surface area (Å²) in [5.74, 6) is -1.25. The molecule has 0 radical (unpaired) electrons. The molecular weight excluding hydrogens is 244 g/mol. The molecule has 1 saturated heterocycles. The third-order valence-corrected chi connectivity index (χ3v) is 2.97. The number of para-hydroxylation sites is 1. The number of carbonyl (C=O) groups excluding carboxylic acids is 1. The molecule has 3 N–H and O–H groups in total. The van der Waals surface area contributed by atoms with Gasteiger partial charge in [0.15, 0.2) is 0 Å². The Morgan fingerprint density at radius 3 is 2.76 bits per heavy atom. The Morgan fingerprint density at radius 2 is 2.24 bits per heavy atom. The smallest absolute Gasteiger partial charge is 0.337 e. The van der Waals surface area contributed by atoms with Crippen LogP contribution in [0, 0.1) is 0 Å². The van der Waals surface area contributed by atoms with Crippen LogP contribution in [0.4, 0.5) is 11.4 Å². The van der Waals surface area contributed by atoms with Gasteiger partial charge in [0.05, 0.1) is 22.3 Å². The van der Waals surface area contributed by atoms with E-state index in [1.165, 1.54) is 11.0 Å². The van der Waals surface area contributed by atoms with Crippen molar-refractivity contribution in [3.05, 3.63) is 23.8 Å². The number of aromatic carboxylic acids is 1. The molecule has 1 unspecified atom stereocenters. The maximum atomic E-state index is 11.7. The van der Waals surface area contributed by atoms with E-state index in [9.17, 15) is 9.59 Å². The molecule has 1 aromatic rings. The molecule has 0 bridgehead atoms. The van der Waals surface area contributed by atoms with Gasteiger partial charge in [-0.05, 0) is 12.1 Å². The minimum absolute atomic E-state index is 0.00618. The number of alkyl halides is 1. The molecule has 2 rings (SSSR count). The van der Waals surface area contributed by atoms with Crippen LogP contribution >= 0.6 is 11.6 Å². The summed E-state index contributed by atoms with van der Waals surface area (Å²) in [6, 6.07) is 4.58. The number of hydrogen-bond acceptors (Lipinski definition) is 3. The first-order valence-corrected chi connectivity index (χ1v) is 5.50. The molecule has 0 saturated carbocycles. The molecule has 1 aliphatic heterocycles. The number of carbonyl (C=O) groups is 2. The van der Waals surface area contributed by atoms with E-state index in [1.807, 2.05) is 0 Å². The minimum atomic E-state index is -1.11. The van der Waals surface area contributed by atoms with Gasteiger partial charge in [-0.25, -0.2) is 4.79 Å². The molecule has 17 heavy (non-hydrogen) atoms. The third kappa shape index (κ3) is 2.06. The summed E-state index contributed by atoms with van der Waals surface area (Å²) in [5.41, 5.74) is 6.26. The van der Waals surface area contributed by atoms with E-state index in [2.05, 4.69) is 0 Å². The lowest BCUT2D eigenvalue weighted by atomic mass is 10.1. The van der Waals surface area contributed by atoms with E-state index in [-0.39, 0.29) is 29.0 Å². The summed E-state index contributed by atoms with van der Waals surface area (Å²) in [6.45, 7) is 0.355. The molecule has 1 amide bonds. The standard InChI is InChI=1S/C11H11ClN2O3/c12-6-4-9(15)14(5-6)8-3-1-2-7(10(8)13)11(16)17/h1-3,6H,4-5,13H2,(H,16,17). The average molecular weight is 255 g/mol. The fourth-order valence-electron chi connectivity index (χ4n) is 1.87. The molecule has 5 nitrogen and oxygen atoms in total. The number of halogens is 1. The summed E-state index contributed by atoms with van der Waals surface area (Å²) in [5, 5.41) is 8.69. The van der Waals surface area contributed by atoms with Crippen molar-refractivity contribution in [2.45, 2.75) is 11.8 Å². The topological polar surface area (TPSA) is 83.6 Å². The number of anilines is 2. The Hall–Kier alpha value is -1.75. The molecule has 1 aromatic carbocycles. The zero-order valence-electron chi connectivity index (χ0n) is 8.89. The van der Waals surface area contributed by atoms with E-state index in [4.69, 9.17) is 22.4 Å². The summed E-state index contributed by atoms with van der Waals surface area (Å²) in [6.07, 6.45) is 0.248. The lowest BCUT2D eigenvalue weighted by molar-refractivity contribution is -0.117. The molecular formula is C11H11ClN2O3. The number of carboxylic acid groups (broad SMARTS) is 1. The second kappa shape index (κ2) is 4.25. The number of carboxylic acids is 1. The van der Waals surface area contributed by atoms with Gasteiger partial charge in [0, 0.05) is 13.0 Å². The molecule has 90 valence electrons. The number of amides is 1. The van der Waals surface area contributed by atoms with Crippen LogP contribution in [0.15, 0.2) is 18.2 Å². The zero-order valence-corrected chi connectivity index (χ0v) is 9.65. The van der Waals surface area contributed by atoms with Gasteiger partial charge in [-0.2, -0.15) is 0 Å². The number of rotatable bonds is 2. The van der Waals surface area contributed by atoms with Crippen LogP contribution in [0.1, 0.15) is 16.8 Å². The minimum Gasteiger partial charge on any atom is -0.478 e. The van der Waals surface area contributed by atoms with Crippen molar-refractivity contribution in [3.63, 3.8) is 0 Å². The third-order valence-electron chi connectivity index (χ3n) is 2.68. The van der Waals surface area contributed by atoms with E-state index in [0.717, 1.165) is 0 Å². The van der Waals surface area contributed by atoms with Crippen LogP contribution in [0.25, 0.3) is 0 Å². The van der Waals surface area contributed by atoms with Crippen molar-refractivity contribution >= 4 is 34.9 Å². The highest BCUT2D eigenvalue weighted by molar-refractivity contribution is 6.24. The first-order valence-electron chi connectivity index (χ1n) is 5.07. The monoisotopic (exact) mass is 254 g/mol. The van der Waals surface area contributed by atoms with Crippen molar-refractivity contribution in [3.8, 4) is 0 Å². The summed E-state index contributed by atoms with van der Waals surface area (Å²) in [4.78, 5) is 24.0. The summed E-state index contributed by atoms with van der Waals surface area (Å²) >= 11 is 5.89. The molecule has 0 aliphatic carbocycles. The van der Waals surface area contributed by atoms with Gasteiger partial charge in [0.1, 0.15) is 0 Å². The highest BCUT2D eigenvalue weighted by Crippen LogP contribution is 2.31. The quantitative estimate of drug-likeness (QED) is 0.616. The summed E-state index contributed by atoms with van der Waals surface area (Å²) < 4.78 is 0. The Balaban J connectivity index is 2.43. The average Bonchev–Trinajstić information content (AvgIpc) is 2.57. The highest BCUT2D eigenvalue weighted by Gasteiger charge is 2.31. The van der Waals surface area contributed by atoms with Gasteiger partial charge in [-0.1, -0.05) is 6.07 Å². The Bertz CT molecular complexity index is 490. The van der Waals surface area contributed by atoms with Crippen LogP contribution in [-0.4, -0.2) is 28.9 Å². The fraction of sp³-hybridized carbons (Fsp3) is 0.273. The lowest BCUT2D eigenvalue weighted by Gasteiger charge is -2.18. The Kier molecular flexibility index (Phi) is 2.93.